The summed E-state index contributed by atoms with van der Waals surface area (Å²) in [5.74, 6) is 0.657. The number of carbonyl (C=O) groups excluding carboxylic acids is 1. The number of carbonyl (C=O) groups is 1. The van der Waals surface area contributed by atoms with E-state index in [2.05, 4.69) is 15.3 Å². The minimum absolute atomic E-state index is 0.0347. The molecule has 2 aromatic rings. The molecule has 6 nitrogen and oxygen atoms in total. The average molecular weight is 312 g/mol. The third kappa shape index (κ3) is 2.70. The standard InChI is InChI=1S/C17H20N4O2/c1-20-11-13(10-18-20)12-21-8-6-17(7-9-21)19-16(22)14-4-2-3-5-15(14)23-17/h2-5,10-11H,6-9,12H2,1H3,(H,19,22). The van der Waals surface area contributed by atoms with Crippen LogP contribution in [-0.2, 0) is 13.6 Å². The van der Waals surface area contributed by atoms with Gasteiger partial charge in [0.05, 0.1) is 11.8 Å². The largest absolute Gasteiger partial charge is 0.467 e. The van der Waals surface area contributed by atoms with E-state index in [-0.39, 0.29) is 5.91 Å². The van der Waals surface area contributed by atoms with Crippen molar-refractivity contribution in [1.29, 1.82) is 0 Å². The quantitative estimate of drug-likeness (QED) is 0.914. The molecular weight excluding hydrogens is 292 g/mol. The zero-order valence-electron chi connectivity index (χ0n) is 13.2. The normalized spacial score (nSPS) is 20.0. The maximum atomic E-state index is 12.3. The highest BCUT2D eigenvalue weighted by Crippen LogP contribution is 2.33. The number of aromatic nitrogens is 2. The first-order valence-electron chi connectivity index (χ1n) is 7.94. The fourth-order valence-corrected chi connectivity index (χ4v) is 3.36. The van der Waals surface area contributed by atoms with Gasteiger partial charge in [0.1, 0.15) is 5.75 Å². The van der Waals surface area contributed by atoms with E-state index in [1.807, 2.05) is 42.3 Å². The average Bonchev–Trinajstić information content (AvgIpc) is 2.95. The molecule has 0 saturated carbocycles. The molecule has 2 aliphatic rings. The predicted octanol–water partition coefficient (Wildman–Crippen LogP) is 1.53. The number of hydrogen-bond donors (Lipinski definition) is 1. The number of rotatable bonds is 2. The molecule has 23 heavy (non-hydrogen) atoms. The second-order valence-corrected chi connectivity index (χ2v) is 6.35. The number of ether oxygens (including phenoxy) is 1. The van der Waals surface area contributed by atoms with E-state index >= 15 is 0 Å². The molecule has 2 aliphatic heterocycles. The molecule has 1 N–H and O–H groups in total. The summed E-state index contributed by atoms with van der Waals surface area (Å²) in [6.07, 6.45) is 5.51. The van der Waals surface area contributed by atoms with Crippen molar-refractivity contribution in [2.45, 2.75) is 25.1 Å². The van der Waals surface area contributed by atoms with Crippen LogP contribution in [-0.4, -0.2) is 39.4 Å². The molecule has 0 aliphatic carbocycles. The van der Waals surface area contributed by atoms with Gasteiger partial charge in [-0.15, -0.1) is 0 Å². The van der Waals surface area contributed by atoms with Crippen molar-refractivity contribution in [3.63, 3.8) is 0 Å². The third-order valence-corrected chi connectivity index (χ3v) is 4.61. The van der Waals surface area contributed by atoms with Crippen molar-refractivity contribution >= 4 is 5.91 Å². The Hall–Kier alpha value is -2.34. The van der Waals surface area contributed by atoms with Gasteiger partial charge in [0.15, 0.2) is 5.72 Å². The Morgan fingerprint density at radius 3 is 2.83 bits per heavy atom. The molecular formula is C17H20N4O2. The minimum atomic E-state index is -0.559. The smallest absolute Gasteiger partial charge is 0.258 e. The molecule has 3 heterocycles. The Labute approximate surface area is 135 Å². The second kappa shape index (κ2) is 5.38. The number of benzene rings is 1. The first kappa shape index (κ1) is 14.3. The summed E-state index contributed by atoms with van der Waals surface area (Å²) in [6.45, 7) is 2.66. The van der Waals surface area contributed by atoms with Crippen LogP contribution in [0.5, 0.6) is 5.75 Å². The topological polar surface area (TPSA) is 59.4 Å². The van der Waals surface area contributed by atoms with Gasteiger partial charge in [-0.05, 0) is 12.1 Å². The number of aryl methyl sites for hydroxylation is 1. The van der Waals surface area contributed by atoms with Gasteiger partial charge in [-0.1, -0.05) is 12.1 Å². The lowest BCUT2D eigenvalue weighted by atomic mass is 9.96. The van der Waals surface area contributed by atoms with E-state index in [1.165, 1.54) is 5.56 Å². The molecule has 0 radical (unpaired) electrons. The van der Waals surface area contributed by atoms with Gasteiger partial charge >= 0.3 is 0 Å². The number of nitrogens with zero attached hydrogens (tertiary/aromatic N) is 3. The predicted molar refractivity (Wildman–Crippen MR) is 85.0 cm³/mol. The monoisotopic (exact) mass is 312 g/mol. The fourth-order valence-electron chi connectivity index (χ4n) is 3.36. The summed E-state index contributed by atoms with van der Waals surface area (Å²) in [7, 11) is 1.93. The Morgan fingerprint density at radius 1 is 1.30 bits per heavy atom. The summed E-state index contributed by atoms with van der Waals surface area (Å²) in [5.41, 5.74) is 1.27. The summed E-state index contributed by atoms with van der Waals surface area (Å²) >= 11 is 0. The maximum absolute atomic E-state index is 12.3. The van der Waals surface area contributed by atoms with Crippen molar-refractivity contribution in [3.05, 3.63) is 47.8 Å². The summed E-state index contributed by atoms with van der Waals surface area (Å²) in [6, 6.07) is 7.44. The Kier molecular flexibility index (Phi) is 3.34. The summed E-state index contributed by atoms with van der Waals surface area (Å²) in [4.78, 5) is 14.7. The van der Waals surface area contributed by atoms with E-state index < -0.39 is 5.72 Å². The molecule has 1 amide bonds. The van der Waals surface area contributed by atoms with Gasteiger partial charge in [0, 0.05) is 51.3 Å². The first-order chi connectivity index (χ1) is 11.1. The van der Waals surface area contributed by atoms with Crippen LogP contribution < -0.4 is 10.1 Å². The van der Waals surface area contributed by atoms with Gasteiger partial charge in [-0.2, -0.15) is 5.10 Å². The fraction of sp³-hybridized carbons (Fsp3) is 0.412. The second-order valence-electron chi connectivity index (χ2n) is 6.35. The van der Waals surface area contributed by atoms with Crippen molar-refractivity contribution in [2.75, 3.05) is 13.1 Å². The molecule has 6 heteroatoms. The molecule has 120 valence electrons. The highest BCUT2D eigenvalue weighted by molar-refractivity contribution is 5.98. The SMILES string of the molecule is Cn1cc(CN2CCC3(CC2)NC(=O)c2ccccc2O3)cn1. The number of likely N-dealkylation sites (tertiary alicyclic amines) is 1. The van der Waals surface area contributed by atoms with Gasteiger partial charge in [0.2, 0.25) is 0 Å². The molecule has 1 spiro atoms. The molecule has 4 rings (SSSR count). The van der Waals surface area contributed by atoms with E-state index in [1.54, 1.807) is 6.07 Å². The highest BCUT2D eigenvalue weighted by Gasteiger charge is 2.42. The lowest BCUT2D eigenvalue weighted by molar-refractivity contribution is -0.0304. The van der Waals surface area contributed by atoms with E-state index in [0.29, 0.717) is 11.3 Å². The van der Waals surface area contributed by atoms with Crippen LogP contribution in [0.25, 0.3) is 0 Å². The van der Waals surface area contributed by atoms with Crippen LogP contribution in [0.15, 0.2) is 36.7 Å². The molecule has 0 unspecified atom stereocenters. The number of piperidine rings is 1. The number of fused-ring (bicyclic) bond motifs is 1. The summed E-state index contributed by atoms with van der Waals surface area (Å²) < 4.78 is 7.98. The molecule has 1 aromatic heterocycles. The van der Waals surface area contributed by atoms with Gasteiger partial charge in [0.25, 0.3) is 5.91 Å². The number of hydrogen-bond acceptors (Lipinski definition) is 4. The molecule has 0 bridgehead atoms. The first-order valence-corrected chi connectivity index (χ1v) is 7.94. The maximum Gasteiger partial charge on any atom is 0.258 e. The van der Waals surface area contributed by atoms with Gasteiger partial charge < -0.3 is 10.1 Å². The van der Waals surface area contributed by atoms with Crippen molar-refractivity contribution < 1.29 is 9.53 Å². The van der Waals surface area contributed by atoms with Gasteiger partial charge in [-0.3, -0.25) is 14.4 Å². The van der Waals surface area contributed by atoms with Crippen molar-refractivity contribution in [1.82, 2.24) is 20.0 Å². The molecule has 0 atom stereocenters. The van der Waals surface area contributed by atoms with Gasteiger partial charge in [-0.25, -0.2) is 0 Å². The molecule has 1 fully saturated rings. The van der Waals surface area contributed by atoms with Crippen LogP contribution in [0.2, 0.25) is 0 Å². The van der Waals surface area contributed by atoms with Crippen LogP contribution >= 0.6 is 0 Å². The lowest BCUT2D eigenvalue weighted by Gasteiger charge is -2.44. The summed E-state index contributed by atoms with van der Waals surface area (Å²) in [5, 5.41) is 7.28. The highest BCUT2D eigenvalue weighted by atomic mass is 16.5. The van der Waals surface area contributed by atoms with Crippen LogP contribution in [0.3, 0.4) is 0 Å². The van der Waals surface area contributed by atoms with Crippen LogP contribution in [0, 0.1) is 0 Å². The third-order valence-electron chi connectivity index (χ3n) is 4.61. The molecule has 1 saturated heterocycles. The zero-order chi connectivity index (χ0) is 15.9. The van der Waals surface area contributed by atoms with Crippen molar-refractivity contribution in [2.24, 2.45) is 7.05 Å². The minimum Gasteiger partial charge on any atom is -0.467 e. The lowest BCUT2D eigenvalue weighted by Crippen LogP contribution is -2.60. The zero-order valence-corrected chi connectivity index (χ0v) is 13.2. The number of amides is 1. The van der Waals surface area contributed by atoms with E-state index in [4.69, 9.17) is 4.74 Å². The number of para-hydroxylation sites is 1. The van der Waals surface area contributed by atoms with Crippen LogP contribution in [0.4, 0.5) is 0 Å². The Bertz CT molecular complexity index is 732. The molecule has 1 aromatic carbocycles. The Balaban J connectivity index is 1.44. The van der Waals surface area contributed by atoms with Crippen LogP contribution in [0.1, 0.15) is 28.8 Å². The Morgan fingerprint density at radius 2 is 2.09 bits per heavy atom. The van der Waals surface area contributed by atoms with E-state index in [0.717, 1.165) is 32.5 Å². The van der Waals surface area contributed by atoms with E-state index in [9.17, 15) is 4.79 Å². The number of nitrogens with one attached hydrogen (secondary N) is 1. The van der Waals surface area contributed by atoms with Crippen molar-refractivity contribution in [3.8, 4) is 5.75 Å².